The molecule has 144 valence electrons. The van der Waals surface area contributed by atoms with Gasteiger partial charge in [-0.3, -0.25) is 19.3 Å². The van der Waals surface area contributed by atoms with Crippen molar-refractivity contribution in [3.63, 3.8) is 0 Å². The predicted molar refractivity (Wildman–Crippen MR) is 92.1 cm³/mol. The molecule has 0 aliphatic carbocycles. The number of β-amino-alcohol motifs (C(OH)–C–C–N with tert-alkyl or cyclic N) is 1. The summed E-state index contributed by atoms with van der Waals surface area (Å²) in [6.45, 7) is 4.02. The zero-order valence-corrected chi connectivity index (χ0v) is 16.4. The van der Waals surface area contributed by atoms with Gasteiger partial charge in [0.1, 0.15) is 22.1 Å². The average Bonchev–Trinajstić information content (AvgIpc) is 3.16. The van der Waals surface area contributed by atoms with E-state index in [1.54, 1.807) is 26.0 Å². The molecule has 2 saturated heterocycles. The van der Waals surface area contributed by atoms with Gasteiger partial charge in [0.05, 0.1) is 31.1 Å². The quantitative estimate of drug-likeness (QED) is 0.258. The second kappa shape index (κ2) is 6.12. The van der Waals surface area contributed by atoms with Crippen molar-refractivity contribution in [3.8, 4) is 0 Å². The van der Waals surface area contributed by atoms with Crippen LogP contribution in [0.25, 0.3) is 0 Å². The van der Waals surface area contributed by atoms with Gasteiger partial charge in [-0.2, -0.15) is 0 Å². The summed E-state index contributed by atoms with van der Waals surface area (Å²) in [5.41, 5.74) is -2.66. The van der Waals surface area contributed by atoms with Crippen molar-refractivity contribution < 1.29 is 34.1 Å². The number of halogens is 1. The third kappa shape index (κ3) is 2.56. The van der Waals surface area contributed by atoms with Crippen LogP contribution in [0.1, 0.15) is 20.8 Å². The highest BCUT2D eigenvalue weighted by molar-refractivity contribution is 9.10. The van der Waals surface area contributed by atoms with Crippen molar-refractivity contribution >= 4 is 33.7 Å². The van der Waals surface area contributed by atoms with Crippen LogP contribution in [0.15, 0.2) is 12.2 Å². The molecule has 3 aliphatic heterocycles. The number of nitrogens with zero attached hydrogens (tertiary/aromatic N) is 1. The SMILES string of the molecule is C[C@H](O)[C@@]12C=C[C@@](COC(=O)C(C)(C)Br)(O1)[C@@H]1C(=O)N(CCO)C(=O)[C@@H]12. The number of ether oxygens (including phenoxy) is 2. The van der Waals surface area contributed by atoms with Crippen LogP contribution < -0.4 is 0 Å². The Hall–Kier alpha value is -1.29. The van der Waals surface area contributed by atoms with Gasteiger partial charge in [0.25, 0.3) is 0 Å². The molecule has 5 atom stereocenters. The van der Waals surface area contributed by atoms with E-state index in [4.69, 9.17) is 14.6 Å². The summed E-state index contributed by atoms with van der Waals surface area (Å²) < 4.78 is 10.5. The fourth-order valence-electron chi connectivity index (χ4n) is 4.00. The number of hydrogen-bond acceptors (Lipinski definition) is 7. The molecule has 3 rings (SSSR count). The second-order valence-electron chi connectivity index (χ2n) is 7.48. The van der Waals surface area contributed by atoms with Gasteiger partial charge in [-0.05, 0) is 26.8 Å². The first-order chi connectivity index (χ1) is 12.0. The standard InChI is InChI=1S/C17H22BrNO7/c1-9(21)17-5-4-16(26-17,8-25-14(24)15(2,3)18)10-11(17)13(23)19(6-7-20)12(10)22/h4-5,9-11,20-21H,6-8H2,1-3H3/t9-,10-,11+,16-,17+/m0/s1. The number of imide groups is 1. The van der Waals surface area contributed by atoms with Crippen LogP contribution in [0.4, 0.5) is 0 Å². The fraction of sp³-hybridized carbons (Fsp3) is 0.706. The van der Waals surface area contributed by atoms with Crippen LogP contribution in [-0.4, -0.2) is 74.3 Å². The Bertz CT molecular complexity index is 685. The molecule has 0 aromatic heterocycles. The fourth-order valence-corrected chi connectivity index (χ4v) is 4.11. The monoisotopic (exact) mass is 431 g/mol. The molecule has 0 spiro atoms. The van der Waals surface area contributed by atoms with E-state index >= 15 is 0 Å². The molecule has 2 fully saturated rings. The summed E-state index contributed by atoms with van der Waals surface area (Å²) in [5.74, 6) is -3.34. The highest BCUT2D eigenvalue weighted by Gasteiger charge is 2.75. The maximum Gasteiger partial charge on any atom is 0.322 e. The second-order valence-corrected chi connectivity index (χ2v) is 9.46. The number of alkyl halides is 1. The van der Waals surface area contributed by atoms with E-state index < -0.39 is 51.2 Å². The van der Waals surface area contributed by atoms with Crippen LogP contribution in [0.3, 0.4) is 0 Å². The molecule has 0 saturated carbocycles. The van der Waals surface area contributed by atoms with Crippen LogP contribution >= 0.6 is 15.9 Å². The van der Waals surface area contributed by atoms with Gasteiger partial charge in [0.15, 0.2) is 0 Å². The molecule has 0 aromatic carbocycles. The molecule has 2 amide bonds. The Morgan fingerprint density at radius 1 is 1.38 bits per heavy atom. The van der Waals surface area contributed by atoms with Crippen molar-refractivity contribution in [1.29, 1.82) is 0 Å². The molecular weight excluding hydrogens is 410 g/mol. The third-order valence-corrected chi connectivity index (χ3v) is 5.62. The van der Waals surface area contributed by atoms with Crippen molar-refractivity contribution in [3.05, 3.63) is 12.2 Å². The van der Waals surface area contributed by atoms with Crippen LogP contribution in [-0.2, 0) is 23.9 Å². The molecule has 0 radical (unpaired) electrons. The third-order valence-electron chi connectivity index (χ3n) is 5.29. The first kappa shape index (κ1) is 19.5. The van der Waals surface area contributed by atoms with E-state index in [0.29, 0.717) is 0 Å². The van der Waals surface area contributed by atoms with Crippen molar-refractivity contribution in [2.75, 3.05) is 19.8 Å². The van der Waals surface area contributed by atoms with Gasteiger partial charge in [0.2, 0.25) is 11.8 Å². The van der Waals surface area contributed by atoms with E-state index in [1.165, 1.54) is 6.92 Å². The maximum atomic E-state index is 12.8. The number of amides is 2. The Labute approximate surface area is 159 Å². The zero-order valence-electron chi connectivity index (χ0n) is 14.8. The number of aliphatic hydroxyl groups excluding tert-OH is 2. The lowest BCUT2D eigenvalue weighted by molar-refractivity contribution is -0.168. The van der Waals surface area contributed by atoms with Crippen LogP contribution in [0.2, 0.25) is 0 Å². The van der Waals surface area contributed by atoms with Gasteiger partial charge < -0.3 is 19.7 Å². The van der Waals surface area contributed by atoms with E-state index in [0.717, 1.165) is 4.90 Å². The molecule has 9 heteroatoms. The predicted octanol–water partition coefficient (Wildman–Crippen LogP) is -0.245. The molecule has 0 unspecified atom stereocenters. The summed E-state index contributed by atoms with van der Waals surface area (Å²) in [7, 11) is 0. The number of hydrogen-bond donors (Lipinski definition) is 2. The van der Waals surface area contributed by atoms with E-state index in [1.807, 2.05) is 0 Å². The Morgan fingerprint density at radius 2 is 2.00 bits per heavy atom. The Morgan fingerprint density at radius 3 is 2.54 bits per heavy atom. The highest BCUT2D eigenvalue weighted by atomic mass is 79.9. The molecule has 3 heterocycles. The molecule has 26 heavy (non-hydrogen) atoms. The lowest BCUT2D eigenvalue weighted by Crippen LogP contribution is -2.48. The van der Waals surface area contributed by atoms with E-state index in [-0.39, 0.29) is 19.8 Å². The maximum absolute atomic E-state index is 12.8. The van der Waals surface area contributed by atoms with Gasteiger partial charge >= 0.3 is 5.97 Å². The lowest BCUT2D eigenvalue weighted by atomic mass is 9.70. The zero-order chi connectivity index (χ0) is 19.5. The van der Waals surface area contributed by atoms with Crippen LogP contribution in [0, 0.1) is 11.8 Å². The number of carbonyl (C=O) groups is 3. The number of rotatable bonds is 6. The smallest absolute Gasteiger partial charge is 0.322 e. The number of esters is 1. The van der Waals surface area contributed by atoms with Crippen molar-refractivity contribution in [1.82, 2.24) is 4.90 Å². The summed E-state index contributed by atoms with van der Waals surface area (Å²) in [6, 6.07) is 0. The van der Waals surface area contributed by atoms with Gasteiger partial charge in [-0.1, -0.05) is 22.0 Å². The first-order valence-electron chi connectivity index (χ1n) is 8.41. The molecular formula is C17H22BrNO7. The van der Waals surface area contributed by atoms with Gasteiger partial charge in [-0.15, -0.1) is 0 Å². The summed E-state index contributed by atoms with van der Waals surface area (Å²) in [6.07, 6.45) is 2.13. The lowest BCUT2D eigenvalue weighted by Gasteiger charge is -2.32. The minimum absolute atomic E-state index is 0.120. The normalized spacial score (nSPS) is 36.6. The topological polar surface area (TPSA) is 113 Å². The van der Waals surface area contributed by atoms with E-state index in [9.17, 15) is 19.5 Å². The summed E-state index contributed by atoms with van der Waals surface area (Å²) in [5, 5.41) is 19.5. The summed E-state index contributed by atoms with van der Waals surface area (Å²) in [4.78, 5) is 38.7. The number of carbonyl (C=O) groups excluding carboxylic acids is 3. The molecule has 0 aromatic rings. The first-order valence-corrected chi connectivity index (χ1v) is 9.20. The van der Waals surface area contributed by atoms with Crippen molar-refractivity contribution in [2.45, 2.75) is 42.4 Å². The van der Waals surface area contributed by atoms with Crippen LogP contribution in [0.5, 0.6) is 0 Å². The minimum atomic E-state index is -1.35. The number of likely N-dealkylation sites (tertiary alicyclic amines) is 1. The van der Waals surface area contributed by atoms with Crippen molar-refractivity contribution in [2.24, 2.45) is 11.8 Å². The molecule has 2 bridgehead atoms. The largest absolute Gasteiger partial charge is 0.461 e. The Balaban J connectivity index is 1.95. The molecule has 3 aliphatic rings. The van der Waals surface area contributed by atoms with Gasteiger partial charge in [0, 0.05) is 0 Å². The number of aliphatic hydroxyl groups is 2. The average molecular weight is 432 g/mol. The highest BCUT2D eigenvalue weighted by Crippen LogP contribution is 2.58. The molecule has 8 nitrogen and oxygen atoms in total. The van der Waals surface area contributed by atoms with Gasteiger partial charge in [-0.25, -0.2) is 0 Å². The number of fused-ring (bicyclic) bond motifs is 5. The minimum Gasteiger partial charge on any atom is -0.461 e. The summed E-state index contributed by atoms with van der Waals surface area (Å²) >= 11 is 3.21. The Kier molecular flexibility index (Phi) is 4.58. The molecule has 2 N–H and O–H groups in total. The van der Waals surface area contributed by atoms with E-state index in [2.05, 4.69) is 15.9 Å².